The summed E-state index contributed by atoms with van der Waals surface area (Å²) in [5, 5.41) is 2.78. The summed E-state index contributed by atoms with van der Waals surface area (Å²) in [6.45, 7) is 1.80. The molecule has 5 rings (SSSR count). The maximum Gasteiger partial charge on any atom is 0.325 e. The third kappa shape index (κ3) is 3.28. The molecular weight excluding hydrogens is 446 g/mol. The highest BCUT2D eigenvalue weighted by Gasteiger charge is 2.55. The van der Waals surface area contributed by atoms with Crippen molar-refractivity contribution in [2.24, 2.45) is 0 Å². The van der Waals surface area contributed by atoms with E-state index in [-0.39, 0.29) is 18.8 Å². The standard InChI is InChI=1S/C23H23N3O6S/c1-2-33(30,31)26-11-9-15-13-16(7-8-18(15)26)19(27)14-25-21(28)23(24-22(25)29)10-12-32-20-6-4-3-5-17(20)23/h3-8,13H,2,9-12,14H2,1H3,(H,24,29). The SMILES string of the molecule is CCS(=O)(=O)N1CCc2cc(C(=O)CN3C(=O)NC4(CCOc5ccccc54)C3=O)ccc21. The van der Waals surface area contributed by atoms with Crippen LogP contribution in [0, 0.1) is 0 Å². The monoisotopic (exact) mass is 469 g/mol. The number of ether oxygens (including phenoxy) is 1. The highest BCUT2D eigenvalue weighted by atomic mass is 32.2. The fraction of sp³-hybridized carbons (Fsp3) is 0.348. The highest BCUT2D eigenvalue weighted by molar-refractivity contribution is 7.92. The molecule has 0 saturated carbocycles. The van der Waals surface area contributed by atoms with Crippen LogP contribution in [-0.4, -0.2) is 56.5 Å². The van der Waals surface area contributed by atoms with Crippen molar-refractivity contribution in [3.8, 4) is 5.75 Å². The van der Waals surface area contributed by atoms with Crippen molar-refractivity contribution >= 4 is 33.4 Å². The van der Waals surface area contributed by atoms with E-state index in [9.17, 15) is 22.8 Å². The number of anilines is 1. The van der Waals surface area contributed by atoms with E-state index in [1.54, 1.807) is 49.4 Å². The van der Waals surface area contributed by atoms with E-state index < -0.39 is 39.8 Å². The lowest BCUT2D eigenvalue weighted by molar-refractivity contribution is -0.132. The van der Waals surface area contributed by atoms with Crippen LogP contribution in [-0.2, 0) is 26.8 Å². The summed E-state index contributed by atoms with van der Waals surface area (Å²) in [5.41, 5.74) is 1.00. The number of amides is 3. The predicted molar refractivity (Wildman–Crippen MR) is 120 cm³/mol. The Morgan fingerprint density at radius 2 is 1.97 bits per heavy atom. The van der Waals surface area contributed by atoms with Crippen molar-refractivity contribution in [2.45, 2.75) is 25.3 Å². The Morgan fingerprint density at radius 3 is 2.76 bits per heavy atom. The third-order valence-electron chi connectivity index (χ3n) is 6.51. The van der Waals surface area contributed by atoms with E-state index in [0.717, 1.165) is 10.5 Å². The normalized spacial score (nSPS) is 21.6. The average Bonchev–Trinajstić information content (AvgIpc) is 3.35. The first-order valence-corrected chi connectivity index (χ1v) is 12.4. The number of nitrogens with zero attached hydrogens (tertiary/aromatic N) is 2. The topological polar surface area (TPSA) is 113 Å². The van der Waals surface area contributed by atoms with Crippen LogP contribution in [0.5, 0.6) is 5.75 Å². The number of Topliss-reactive ketones (excluding diaryl/α,β-unsaturated/α-hetero) is 1. The van der Waals surface area contributed by atoms with Gasteiger partial charge in [-0.15, -0.1) is 0 Å². The molecule has 10 heteroatoms. The Bertz CT molecular complexity index is 1290. The van der Waals surface area contributed by atoms with Gasteiger partial charge in [0.25, 0.3) is 5.91 Å². The first-order valence-electron chi connectivity index (χ1n) is 10.8. The van der Waals surface area contributed by atoms with Gasteiger partial charge < -0.3 is 10.1 Å². The van der Waals surface area contributed by atoms with E-state index in [1.807, 2.05) is 0 Å². The van der Waals surface area contributed by atoms with E-state index in [0.29, 0.717) is 35.5 Å². The molecule has 172 valence electrons. The first-order chi connectivity index (χ1) is 15.8. The highest BCUT2D eigenvalue weighted by Crippen LogP contribution is 2.41. The number of imide groups is 1. The molecule has 3 aliphatic rings. The molecule has 3 amide bonds. The van der Waals surface area contributed by atoms with Crippen LogP contribution in [0.3, 0.4) is 0 Å². The molecule has 2 aromatic carbocycles. The Morgan fingerprint density at radius 1 is 1.18 bits per heavy atom. The molecule has 3 aliphatic heterocycles. The summed E-state index contributed by atoms with van der Waals surface area (Å²) < 4.78 is 31.6. The van der Waals surface area contributed by atoms with Crippen LogP contribution < -0.4 is 14.4 Å². The summed E-state index contributed by atoms with van der Waals surface area (Å²) in [4.78, 5) is 40.1. The predicted octanol–water partition coefficient (Wildman–Crippen LogP) is 1.81. The van der Waals surface area contributed by atoms with Gasteiger partial charge in [-0.25, -0.2) is 13.2 Å². The van der Waals surface area contributed by atoms with Crippen molar-refractivity contribution in [1.82, 2.24) is 10.2 Å². The Balaban J connectivity index is 1.39. The maximum absolute atomic E-state index is 13.4. The number of hydrogen-bond donors (Lipinski definition) is 1. The van der Waals surface area contributed by atoms with Gasteiger partial charge in [0.15, 0.2) is 11.3 Å². The molecule has 1 atom stereocenters. The van der Waals surface area contributed by atoms with Crippen molar-refractivity contribution < 1.29 is 27.5 Å². The number of fused-ring (bicyclic) bond motifs is 3. The molecule has 1 saturated heterocycles. The number of para-hydroxylation sites is 1. The lowest BCUT2D eigenvalue weighted by Gasteiger charge is -2.33. The van der Waals surface area contributed by atoms with Crippen molar-refractivity contribution in [3.63, 3.8) is 0 Å². The van der Waals surface area contributed by atoms with Crippen molar-refractivity contribution in [1.29, 1.82) is 0 Å². The molecular formula is C23H23N3O6S. The fourth-order valence-corrected chi connectivity index (χ4v) is 5.90. The van der Waals surface area contributed by atoms with Gasteiger partial charge in [-0.05, 0) is 43.2 Å². The zero-order chi connectivity index (χ0) is 23.4. The number of sulfonamides is 1. The summed E-state index contributed by atoms with van der Waals surface area (Å²) in [5.74, 6) is -0.334. The molecule has 1 fully saturated rings. The van der Waals surface area contributed by atoms with E-state index in [4.69, 9.17) is 4.74 Å². The maximum atomic E-state index is 13.4. The molecule has 3 heterocycles. The number of hydrogen-bond acceptors (Lipinski definition) is 6. The van der Waals surface area contributed by atoms with E-state index >= 15 is 0 Å². The van der Waals surface area contributed by atoms with Crippen molar-refractivity contribution in [3.05, 3.63) is 59.2 Å². The Kier molecular flexibility index (Phi) is 4.93. The number of carbonyl (C=O) groups is 3. The van der Waals surface area contributed by atoms with E-state index in [2.05, 4.69) is 5.32 Å². The van der Waals surface area contributed by atoms with Gasteiger partial charge in [-0.3, -0.25) is 18.8 Å². The second-order valence-electron chi connectivity index (χ2n) is 8.31. The molecule has 1 spiro atoms. The minimum atomic E-state index is -3.39. The third-order valence-corrected chi connectivity index (χ3v) is 8.29. The van der Waals surface area contributed by atoms with Crippen LogP contribution >= 0.6 is 0 Å². The van der Waals surface area contributed by atoms with Crippen LogP contribution in [0.25, 0.3) is 0 Å². The Labute approximate surface area is 191 Å². The minimum absolute atomic E-state index is 0.00474. The summed E-state index contributed by atoms with van der Waals surface area (Å²) in [6, 6.07) is 11.3. The summed E-state index contributed by atoms with van der Waals surface area (Å²) in [7, 11) is -3.39. The molecule has 1 unspecified atom stereocenters. The van der Waals surface area contributed by atoms with Crippen LogP contribution in [0.1, 0.15) is 34.8 Å². The first kappa shape index (κ1) is 21.4. The molecule has 0 aromatic heterocycles. The van der Waals surface area contributed by atoms with Gasteiger partial charge in [0.05, 0.1) is 24.6 Å². The number of rotatable bonds is 5. The van der Waals surface area contributed by atoms with Crippen LogP contribution in [0.4, 0.5) is 10.5 Å². The van der Waals surface area contributed by atoms with Gasteiger partial charge in [0.1, 0.15) is 5.75 Å². The van der Waals surface area contributed by atoms with E-state index in [1.165, 1.54) is 4.31 Å². The van der Waals surface area contributed by atoms with Gasteiger partial charge in [0.2, 0.25) is 10.0 Å². The second-order valence-corrected chi connectivity index (χ2v) is 10.5. The summed E-state index contributed by atoms with van der Waals surface area (Å²) >= 11 is 0. The van der Waals surface area contributed by atoms with Crippen LogP contribution in [0.2, 0.25) is 0 Å². The molecule has 9 nitrogen and oxygen atoms in total. The molecule has 0 aliphatic carbocycles. The van der Waals surface area contributed by atoms with Gasteiger partial charge >= 0.3 is 6.03 Å². The quantitative estimate of drug-likeness (QED) is 0.528. The number of urea groups is 1. The zero-order valence-corrected chi connectivity index (χ0v) is 18.9. The molecule has 0 bridgehead atoms. The van der Waals surface area contributed by atoms with Gasteiger partial charge in [0, 0.05) is 24.1 Å². The zero-order valence-electron chi connectivity index (χ0n) is 18.0. The van der Waals surface area contributed by atoms with Gasteiger partial charge in [-0.2, -0.15) is 0 Å². The number of benzene rings is 2. The van der Waals surface area contributed by atoms with Gasteiger partial charge in [-0.1, -0.05) is 18.2 Å². The minimum Gasteiger partial charge on any atom is -0.493 e. The molecule has 0 radical (unpaired) electrons. The summed E-state index contributed by atoms with van der Waals surface area (Å²) in [6.07, 6.45) is 0.776. The molecule has 2 aromatic rings. The average molecular weight is 470 g/mol. The number of ketones is 1. The largest absolute Gasteiger partial charge is 0.493 e. The molecule has 33 heavy (non-hydrogen) atoms. The fourth-order valence-electron chi connectivity index (χ4n) is 4.74. The lowest BCUT2D eigenvalue weighted by Crippen LogP contribution is -2.47. The smallest absolute Gasteiger partial charge is 0.325 e. The number of carbonyl (C=O) groups excluding carboxylic acids is 3. The lowest BCUT2D eigenvalue weighted by atomic mass is 9.84. The number of nitrogens with one attached hydrogen (secondary N) is 1. The second kappa shape index (κ2) is 7.58. The Hall–Kier alpha value is -3.40. The van der Waals surface area contributed by atoms with Crippen LogP contribution in [0.15, 0.2) is 42.5 Å². The molecule has 1 N–H and O–H groups in total. The van der Waals surface area contributed by atoms with Crippen molar-refractivity contribution in [2.75, 3.05) is 29.8 Å².